The Bertz CT molecular complexity index is 469. The summed E-state index contributed by atoms with van der Waals surface area (Å²) in [6, 6.07) is 21.9. The zero-order valence-electron chi connectivity index (χ0n) is 12.1. The van der Waals surface area contributed by atoms with Gasteiger partial charge < -0.3 is 5.32 Å². The SMILES string of the molecule is CCCNC(CSCc1ccccc1)c1ccccc1. The molecule has 2 rings (SSSR count). The molecule has 0 spiro atoms. The molecule has 0 aliphatic carbocycles. The maximum atomic E-state index is 3.65. The highest BCUT2D eigenvalue weighted by atomic mass is 32.2. The van der Waals surface area contributed by atoms with Crippen LogP contribution in [0.15, 0.2) is 60.7 Å². The summed E-state index contributed by atoms with van der Waals surface area (Å²) in [6.45, 7) is 3.29. The smallest absolute Gasteiger partial charge is 0.0411 e. The van der Waals surface area contributed by atoms with Gasteiger partial charge in [-0.25, -0.2) is 0 Å². The van der Waals surface area contributed by atoms with Crippen LogP contribution in [0.4, 0.5) is 0 Å². The Hall–Kier alpha value is -1.25. The summed E-state index contributed by atoms with van der Waals surface area (Å²) in [7, 11) is 0. The molecule has 0 bridgehead atoms. The molecule has 0 saturated heterocycles. The van der Waals surface area contributed by atoms with Crippen molar-refractivity contribution in [3.8, 4) is 0 Å². The molecule has 1 unspecified atom stereocenters. The van der Waals surface area contributed by atoms with Gasteiger partial charge in [0.05, 0.1) is 0 Å². The van der Waals surface area contributed by atoms with Gasteiger partial charge in [-0.3, -0.25) is 0 Å². The summed E-state index contributed by atoms with van der Waals surface area (Å²) < 4.78 is 0. The highest BCUT2D eigenvalue weighted by Crippen LogP contribution is 2.21. The molecule has 0 aliphatic rings. The largest absolute Gasteiger partial charge is 0.309 e. The van der Waals surface area contributed by atoms with Crippen LogP contribution in [0.1, 0.15) is 30.5 Å². The summed E-state index contributed by atoms with van der Waals surface area (Å²) in [5, 5.41) is 3.65. The quantitative estimate of drug-likeness (QED) is 0.757. The number of rotatable bonds is 8. The van der Waals surface area contributed by atoms with Crippen molar-refractivity contribution in [2.75, 3.05) is 12.3 Å². The first-order chi connectivity index (χ1) is 9.90. The Morgan fingerprint density at radius 2 is 1.60 bits per heavy atom. The van der Waals surface area contributed by atoms with Crippen LogP contribution in [0.5, 0.6) is 0 Å². The topological polar surface area (TPSA) is 12.0 Å². The monoisotopic (exact) mass is 285 g/mol. The van der Waals surface area contributed by atoms with E-state index in [0.29, 0.717) is 6.04 Å². The zero-order valence-corrected chi connectivity index (χ0v) is 12.9. The van der Waals surface area contributed by atoms with Crippen molar-refractivity contribution in [1.29, 1.82) is 0 Å². The number of hydrogen-bond donors (Lipinski definition) is 1. The maximum Gasteiger partial charge on any atom is 0.0411 e. The van der Waals surface area contributed by atoms with Gasteiger partial charge in [0, 0.05) is 17.5 Å². The summed E-state index contributed by atoms with van der Waals surface area (Å²) in [5.41, 5.74) is 2.79. The molecule has 0 amide bonds. The normalized spacial score (nSPS) is 12.2. The molecule has 2 heteroatoms. The standard InChI is InChI=1S/C18H23NS/c1-2-13-19-18(17-11-7-4-8-12-17)15-20-14-16-9-5-3-6-10-16/h3-12,18-19H,2,13-15H2,1H3. The van der Waals surface area contributed by atoms with Crippen molar-refractivity contribution in [3.63, 3.8) is 0 Å². The van der Waals surface area contributed by atoms with Gasteiger partial charge in [-0.1, -0.05) is 67.6 Å². The third-order valence-corrected chi connectivity index (χ3v) is 4.35. The maximum absolute atomic E-state index is 3.65. The van der Waals surface area contributed by atoms with E-state index in [4.69, 9.17) is 0 Å². The van der Waals surface area contributed by atoms with Crippen LogP contribution >= 0.6 is 11.8 Å². The van der Waals surface area contributed by atoms with Crippen molar-refractivity contribution in [1.82, 2.24) is 5.32 Å². The first-order valence-corrected chi connectivity index (χ1v) is 8.45. The first kappa shape index (κ1) is 15.1. The molecule has 2 aromatic carbocycles. The second-order valence-electron chi connectivity index (χ2n) is 4.92. The highest BCUT2D eigenvalue weighted by molar-refractivity contribution is 7.98. The first-order valence-electron chi connectivity index (χ1n) is 7.30. The van der Waals surface area contributed by atoms with Crippen LogP contribution in [0.3, 0.4) is 0 Å². The number of thioether (sulfide) groups is 1. The van der Waals surface area contributed by atoms with Gasteiger partial charge in [-0.05, 0) is 24.1 Å². The summed E-state index contributed by atoms with van der Waals surface area (Å²) >= 11 is 2.00. The minimum atomic E-state index is 0.449. The molecule has 2 aromatic rings. The molecule has 0 aliphatic heterocycles. The lowest BCUT2D eigenvalue weighted by atomic mass is 10.1. The molecule has 20 heavy (non-hydrogen) atoms. The van der Waals surface area contributed by atoms with Crippen LogP contribution in [-0.2, 0) is 5.75 Å². The van der Waals surface area contributed by atoms with Crippen molar-refractivity contribution in [3.05, 3.63) is 71.8 Å². The summed E-state index contributed by atoms with van der Waals surface area (Å²) in [6.07, 6.45) is 1.17. The lowest BCUT2D eigenvalue weighted by Gasteiger charge is -2.18. The third kappa shape index (κ3) is 5.03. The lowest BCUT2D eigenvalue weighted by Crippen LogP contribution is -2.24. The van der Waals surface area contributed by atoms with E-state index < -0.39 is 0 Å². The molecule has 0 saturated carbocycles. The zero-order chi connectivity index (χ0) is 14.0. The van der Waals surface area contributed by atoms with Crippen molar-refractivity contribution in [2.45, 2.75) is 25.1 Å². The molecule has 106 valence electrons. The molecule has 1 atom stereocenters. The minimum Gasteiger partial charge on any atom is -0.309 e. The van der Waals surface area contributed by atoms with E-state index in [9.17, 15) is 0 Å². The molecule has 1 N–H and O–H groups in total. The Balaban J connectivity index is 1.88. The Morgan fingerprint density at radius 1 is 0.950 bits per heavy atom. The molecule has 0 aromatic heterocycles. The predicted octanol–water partition coefficient (Wildman–Crippen LogP) is 4.66. The number of nitrogens with one attached hydrogen (secondary N) is 1. The van der Waals surface area contributed by atoms with Gasteiger partial charge in [0.2, 0.25) is 0 Å². The molecular formula is C18H23NS. The lowest BCUT2D eigenvalue weighted by molar-refractivity contribution is 0.577. The van der Waals surface area contributed by atoms with E-state index in [1.165, 1.54) is 17.5 Å². The van der Waals surface area contributed by atoms with Gasteiger partial charge >= 0.3 is 0 Å². The van der Waals surface area contributed by atoms with Crippen molar-refractivity contribution < 1.29 is 0 Å². The minimum absolute atomic E-state index is 0.449. The molecule has 1 nitrogen and oxygen atoms in total. The van der Waals surface area contributed by atoms with E-state index in [-0.39, 0.29) is 0 Å². The fourth-order valence-corrected chi connectivity index (χ4v) is 3.24. The van der Waals surface area contributed by atoms with E-state index in [1.807, 2.05) is 11.8 Å². The summed E-state index contributed by atoms with van der Waals surface area (Å²) in [5.74, 6) is 2.19. The van der Waals surface area contributed by atoms with E-state index in [1.54, 1.807) is 0 Å². The number of benzene rings is 2. The summed E-state index contributed by atoms with van der Waals surface area (Å²) in [4.78, 5) is 0. The fourth-order valence-electron chi connectivity index (χ4n) is 2.15. The third-order valence-electron chi connectivity index (χ3n) is 3.24. The molecular weight excluding hydrogens is 262 g/mol. The van der Waals surface area contributed by atoms with Gasteiger partial charge in [0.15, 0.2) is 0 Å². The molecule has 0 fully saturated rings. The fraction of sp³-hybridized carbons (Fsp3) is 0.333. The van der Waals surface area contributed by atoms with Gasteiger partial charge in [0.25, 0.3) is 0 Å². The van der Waals surface area contributed by atoms with Crippen LogP contribution in [0, 0.1) is 0 Å². The molecule has 0 heterocycles. The Labute approximate surface area is 126 Å². The molecule has 0 radical (unpaired) electrons. The van der Waals surface area contributed by atoms with Crippen LogP contribution in [-0.4, -0.2) is 12.3 Å². The van der Waals surface area contributed by atoms with Crippen LogP contribution < -0.4 is 5.32 Å². The highest BCUT2D eigenvalue weighted by Gasteiger charge is 2.10. The predicted molar refractivity (Wildman–Crippen MR) is 90.1 cm³/mol. The van der Waals surface area contributed by atoms with Gasteiger partial charge in [-0.15, -0.1) is 0 Å². The van der Waals surface area contributed by atoms with E-state index in [0.717, 1.165) is 18.1 Å². The second-order valence-corrected chi connectivity index (χ2v) is 5.95. The van der Waals surface area contributed by atoms with E-state index >= 15 is 0 Å². The van der Waals surface area contributed by atoms with Gasteiger partial charge in [-0.2, -0.15) is 11.8 Å². The van der Waals surface area contributed by atoms with E-state index in [2.05, 4.69) is 72.9 Å². The Kier molecular flexibility index (Phi) is 6.69. The Morgan fingerprint density at radius 3 is 2.25 bits per heavy atom. The average molecular weight is 285 g/mol. The second kappa shape index (κ2) is 8.83. The average Bonchev–Trinajstić information content (AvgIpc) is 2.52. The van der Waals surface area contributed by atoms with Gasteiger partial charge in [0.1, 0.15) is 0 Å². The van der Waals surface area contributed by atoms with Crippen LogP contribution in [0.25, 0.3) is 0 Å². The van der Waals surface area contributed by atoms with Crippen molar-refractivity contribution >= 4 is 11.8 Å². The number of hydrogen-bond acceptors (Lipinski definition) is 2. The van der Waals surface area contributed by atoms with Crippen LogP contribution in [0.2, 0.25) is 0 Å². The van der Waals surface area contributed by atoms with Crippen molar-refractivity contribution in [2.24, 2.45) is 0 Å².